The summed E-state index contributed by atoms with van der Waals surface area (Å²) in [5, 5.41) is 2.33. The third-order valence-corrected chi connectivity index (χ3v) is 2.80. The maximum absolute atomic E-state index is 11.5. The van der Waals surface area contributed by atoms with Crippen LogP contribution in [-0.2, 0) is 9.59 Å². The van der Waals surface area contributed by atoms with Crippen molar-refractivity contribution in [1.82, 2.24) is 10.3 Å². The van der Waals surface area contributed by atoms with E-state index in [9.17, 15) is 9.59 Å². The predicted octanol–water partition coefficient (Wildman–Crippen LogP) is 1.36. The van der Waals surface area contributed by atoms with Gasteiger partial charge in [-0.1, -0.05) is 0 Å². The largest absolute Gasteiger partial charge is 0.296 e. The first-order valence-corrected chi connectivity index (χ1v) is 5.40. The Balaban J connectivity index is 2.24. The molecule has 1 aromatic heterocycles. The van der Waals surface area contributed by atoms with E-state index in [2.05, 4.69) is 26.2 Å². The normalized spacial score (nSPS) is 21.3. The molecule has 1 unspecified atom stereocenters. The lowest BCUT2D eigenvalue weighted by molar-refractivity contribution is -0.134. The van der Waals surface area contributed by atoms with Gasteiger partial charge in [0.15, 0.2) is 0 Å². The summed E-state index contributed by atoms with van der Waals surface area (Å²) >= 11 is 3.30. The van der Waals surface area contributed by atoms with Crippen LogP contribution in [0.4, 0.5) is 0 Å². The van der Waals surface area contributed by atoms with Crippen LogP contribution in [0, 0.1) is 0 Å². The Morgan fingerprint density at radius 3 is 2.87 bits per heavy atom. The molecule has 78 valence electrons. The van der Waals surface area contributed by atoms with Gasteiger partial charge >= 0.3 is 0 Å². The smallest absolute Gasteiger partial charge is 0.234 e. The first-order chi connectivity index (χ1) is 7.16. The zero-order valence-corrected chi connectivity index (χ0v) is 9.45. The Bertz CT molecular complexity index is 420. The second kappa shape index (κ2) is 4.10. The molecule has 0 aromatic carbocycles. The highest BCUT2D eigenvalue weighted by atomic mass is 79.9. The van der Waals surface area contributed by atoms with E-state index >= 15 is 0 Å². The molecule has 2 amide bonds. The van der Waals surface area contributed by atoms with Gasteiger partial charge in [0.05, 0.1) is 5.92 Å². The zero-order valence-electron chi connectivity index (χ0n) is 7.87. The van der Waals surface area contributed by atoms with Crippen molar-refractivity contribution in [3.8, 4) is 0 Å². The lowest BCUT2D eigenvalue weighted by Gasteiger charge is -2.20. The number of nitrogens with one attached hydrogen (secondary N) is 1. The van der Waals surface area contributed by atoms with Gasteiger partial charge in [-0.05, 0) is 34.0 Å². The molecular formula is C10H9BrN2O2. The van der Waals surface area contributed by atoms with Gasteiger partial charge < -0.3 is 0 Å². The van der Waals surface area contributed by atoms with Gasteiger partial charge in [-0.3, -0.25) is 19.9 Å². The molecule has 1 atom stereocenters. The highest BCUT2D eigenvalue weighted by Crippen LogP contribution is 2.25. The summed E-state index contributed by atoms with van der Waals surface area (Å²) in [4.78, 5) is 26.5. The average molecular weight is 269 g/mol. The fourth-order valence-corrected chi connectivity index (χ4v) is 2.01. The van der Waals surface area contributed by atoms with Crippen LogP contribution in [0.25, 0.3) is 0 Å². The molecule has 15 heavy (non-hydrogen) atoms. The van der Waals surface area contributed by atoms with Crippen molar-refractivity contribution >= 4 is 27.7 Å². The maximum atomic E-state index is 11.5. The molecule has 5 heteroatoms. The van der Waals surface area contributed by atoms with Crippen molar-refractivity contribution in [1.29, 1.82) is 0 Å². The summed E-state index contributed by atoms with van der Waals surface area (Å²) in [6, 6.07) is 1.85. The third-order valence-electron chi connectivity index (χ3n) is 2.37. The molecule has 0 spiro atoms. The average Bonchev–Trinajstić information content (AvgIpc) is 2.17. The lowest BCUT2D eigenvalue weighted by atomic mass is 9.92. The second-order valence-electron chi connectivity index (χ2n) is 3.44. The van der Waals surface area contributed by atoms with E-state index in [1.807, 2.05) is 6.07 Å². The van der Waals surface area contributed by atoms with Gasteiger partial charge in [-0.15, -0.1) is 0 Å². The van der Waals surface area contributed by atoms with Crippen molar-refractivity contribution < 1.29 is 9.59 Å². The van der Waals surface area contributed by atoms with Gasteiger partial charge in [0.25, 0.3) is 0 Å². The number of pyridine rings is 1. The molecule has 1 aliphatic heterocycles. The quantitative estimate of drug-likeness (QED) is 0.783. The van der Waals surface area contributed by atoms with Crippen LogP contribution < -0.4 is 5.32 Å². The number of imide groups is 1. The molecule has 2 heterocycles. The molecule has 0 saturated carbocycles. The first kappa shape index (κ1) is 10.3. The monoisotopic (exact) mass is 268 g/mol. The summed E-state index contributed by atoms with van der Waals surface area (Å²) in [5.74, 6) is -0.682. The third kappa shape index (κ3) is 2.23. The van der Waals surface area contributed by atoms with Crippen LogP contribution in [0.5, 0.6) is 0 Å². The Morgan fingerprint density at radius 2 is 2.20 bits per heavy atom. The molecule has 1 aliphatic rings. The Hall–Kier alpha value is -1.23. The standard InChI is InChI=1S/C10H9BrN2O2/c11-7-3-6(4-12-5-7)8-1-2-9(14)13-10(8)15/h3-5,8H,1-2H2,(H,13,14,15). The molecule has 1 aromatic rings. The number of carbonyl (C=O) groups excluding carboxylic acids is 2. The first-order valence-electron chi connectivity index (χ1n) is 4.61. The van der Waals surface area contributed by atoms with Crippen molar-refractivity contribution in [3.63, 3.8) is 0 Å². The van der Waals surface area contributed by atoms with E-state index in [4.69, 9.17) is 0 Å². The van der Waals surface area contributed by atoms with E-state index in [0.717, 1.165) is 10.0 Å². The van der Waals surface area contributed by atoms with E-state index in [0.29, 0.717) is 12.8 Å². The van der Waals surface area contributed by atoms with E-state index in [1.54, 1.807) is 12.4 Å². The highest BCUT2D eigenvalue weighted by Gasteiger charge is 2.28. The maximum Gasteiger partial charge on any atom is 0.234 e. The zero-order chi connectivity index (χ0) is 10.8. The van der Waals surface area contributed by atoms with Crippen LogP contribution in [-0.4, -0.2) is 16.8 Å². The van der Waals surface area contributed by atoms with Crippen LogP contribution in [0.15, 0.2) is 22.9 Å². The number of carbonyl (C=O) groups is 2. The number of halogens is 1. The SMILES string of the molecule is O=C1CCC(c2cncc(Br)c2)C(=O)N1. The van der Waals surface area contributed by atoms with Crippen LogP contribution in [0.3, 0.4) is 0 Å². The van der Waals surface area contributed by atoms with Gasteiger partial charge in [0.2, 0.25) is 11.8 Å². The lowest BCUT2D eigenvalue weighted by Crippen LogP contribution is -2.39. The molecule has 4 nitrogen and oxygen atoms in total. The molecule has 2 rings (SSSR count). The van der Waals surface area contributed by atoms with Gasteiger partial charge in [0.1, 0.15) is 0 Å². The molecule has 0 radical (unpaired) electrons. The van der Waals surface area contributed by atoms with Crippen molar-refractivity contribution in [2.45, 2.75) is 18.8 Å². The van der Waals surface area contributed by atoms with E-state index < -0.39 is 0 Å². The van der Waals surface area contributed by atoms with Gasteiger partial charge in [-0.25, -0.2) is 0 Å². The number of piperidine rings is 1. The van der Waals surface area contributed by atoms with Gasteiger partial charge in [-0.2, -0.15) is 0 Å². The fraction of sp³-hybridized carbons (Fsp3) is 0.300. The van der Waals surface area contributed by atoms with E-state index in [-0.39, 0.29) is 17.7 Å². The number of hydrogen-bond acceptors (Lipinski definition) is 3. The number of rotatable bonds is 1. The van der Waals surface area contributed by atoms with Crippen molar-refractivity contribution in [3.05, 3.63) is 28.5 Å². The Morgan fingerprint density at radius 1 is 1.40 bits per heavy atom. The minimum absolute atomic E-state index is 0.195. The number of amides is 2. The Labute approximate surface area is 95.2 Å². The summed E-state index contributed by atoms with van der Waals surface area (Å²) in [6.07, 6.45) is 4.27. The summed E-state index contributed by atoms with van der Waals surface area (Å²) in [7, 11) is 0. The topological polar surface area (TPSA) is 59.1 Å². The molecule has 1 fully saturated rings. The fourth-order valence-electron chi connectivity index (χ4n) is 1.63. The molecule has 0 bridgehead atoms. The predicted molar refractivity (Wildman–Crippen MR) is 57.1 cm³/mol. The van der Waals surface area contributed by atoms with Crippen LogP contribution >= 0.6 is 15.9 Å². The van der Waals surface area contributed by atoms with Crippen LogP contribution in [0.2, 0.25) is 0 Å². The molecule has 1 saturated heterocycles. The summed E-state index contributed by atoms with van der Waals surface area (Å²) in [5.41, 5.74) is 0.842. The second-order valence-corrected chi connectivity index (χ2v) is 4.36. The molecular weight excluding hydrogens is 260 g/mol. The van der Waals surface area contributed by atoms with E-state index in [1.165, 1.54) is 0 Å². The van der Waals surface area contributed by atoms with Crippen molar-refractivity contribution in [2.24, 2.45) is 0 Å². The van der Waals surface area contributed by atoms with Crippen molar-refractivity contribution in [2.75, 3.05) is 0 Å². The highest BCUT2D eigenvalue weighted by molar-refractivity contribution is 9.10. The Kier molecular flexibility index (Phi) is 2.81. The molecule has 0 aliphatic carbocycles. The number of hydrogen-bond donors (Lipinski definition) is 1. The van der Waals surface area contributed by atoms with Crippen LogP contribution in [0.1, 0.15) is 24.3 Å². The summed E-state index contributed by atoms with van der Waals surface area (Å²) in [6.45, 7) is 0. The molecule has 1 N–H and O–H groups in total. The summed E-state index contributed by atoms with van der Waals surface area (Å²) < 4.78 is 0.838. The minimum atomic E-state index is -0.257. The minimum Gasteiger partial charge on any atom is -0.296 e. The number of aromatic nitrogens is 1. The van der Waals surface area contributed by atoms with Gasteiger partial charge in [0, 0.05) is 23.3 Å². The number of nitrogens with zero attached hydrogens (tertiary/aromatic N) is 1.